The summed E-state index contributed by atoms with van der Waals surface area (Å²) >= 11 is 0. The molecule has 0 atom stereocenters. The van der Waals surface area contributed by atoms with E-state index in [9.17, 15) is 0 Å². The van der Waals surface area contributed by atoms with Crippen LogP contribution in [0.5, 0.6) is 5.75 Å². The van der Waals surface area contributed by atoms with Crippen molar-refractivity contribution in [1.29, 1.82) is 0 Å². The molecule has 2 N–H and O–H groups in total. The maximum Gasteiger partial charge on any atom is 0.123 e. The van der Waals surface area contributed by atoms with Gasteiger partial charge in [-0.2, -0.15) is 0 Å². The van der Waals surface area contributed by atoms with Gasteiger partial charge < -0.3 is 14.9 Å². The van der Waals surface area contributed by atoms with Crippen molar-refractivity contribution in [2.45, 2.75) is 32.9 Å². The summed E-state index contributed by atoms with van der Waals surface area (Å²) in [5, 5.41) is 17.9. The number of aliphatic hydroxyl groups excluding tert-OH is 2. The van der Waals surface area contributed by atoms with Crippen molar-refractivity contribution in [3.8, 4) is 17.6 Å². The summed E-state index contributed by atoms with van der Waals surface area (Å²) in [6, 6.07) is 6.18. The van der Waals surface area contributed by atoms with Gasteiger partial charge in [0.15, 0.2) is 0 Å². The molecule has 0 fully saturated rings. The fourth-order valence-corrected chi connectivity index (χ4v) is 2.07. The molecule has 1 rings (SSSR count). The highest BCUT2D eigenvalue weighted by molar-refractivity contribution is 5.44. The topological polar surface area (TPSA) is 52.9 Å². The SMILES string of the molecule is COc1ccc(C#CCCO)cc1CN(CCO)C(C)C. The third kappa shape index (κ3) is 5.76. The van der Waals surface area contributed by atoms with Gasteiger partial charge in [0, 0.05) is 36.7 Å². The van der Waals surface area contributed by atoms with Crippen molar-refractivity contribution in [2.75, 3.05) is 26.9 Å². The van der Waals surface area contributed by atoms with E-state index in [-0.39, 0.29) is 13.2 Å². The largest absolute Gasteiger partial charge is 0.496 e. The highest BCUT2D eigenvalue weighted by Gasteiger charge is 2.13. The standard InChI is InChI=1S/C17H25NO3/c1-14(2)18(9-11-20)13-16-12-15(6-4-5-10-19)7-8-17(16)21-3/h7-8,12,14,19-20H,5,9-11,13H2,1-3H3. The third-order valence-electron chi connectivity index (χ3n) is 3.24. The molecule has 0 bridgehead atoms. The smallest absolute Gasteiger partial charge is 0.123 e. The van der Waals surface area contributed by atoms with Crippen LogP contribution in [0.1, 0.15) is 31.4 Å². The molecule has 0 heterocycles. The van der Waals surface area contributed by atoms with E-state index in [2.05, 4.69) is 30.6 Å². The number of benzene rings is 1. The van der Waals surface area contributed by atoms with Crippen LogP contribution in [0.25, 0.3) is 0 Å². The van der Waals surface area contributed by atoms with Crippen LogP contribution >= 0.6 is 0 Å². The Morgan fingerprint density at radius 1 is 1.24 bits per heavy atom. The van der Waals surface area contributed by atoms with Crippen LogP contribution in [0, 0.1) is 11.8 Å². The molecule has 0 aliphatic carbocycles. The summed E-state index contributed by atoms with van der Waals surface area (Å²) in [5.74, 6) is 6.79. The Morgan fingerprint density at radius 2 is 2.00 bits per heavy atom. The number of rotatable bonds is 7. The lowest BCUT2D eigenvalue weighted by molar-refractivity contribution is 0.158. The van der Waals surface area contributed by atoms with E-state index in [1.54, 1.807) is 7.11 Å². The quantitative estimate of drug-likeness (QED) is 0.750. The van der Waals surface area contributed by atoms with Crippen LogP contribution in [0.4, 0.5) is 0 Å². The second-order valence-corrected chi connectivity index (χ2v) is 5.09. The molecule has 21 heavy (non-hydrogen) atoms. The Kier molecular flexibility index (Phi) is 7.84. The van der Waals surface area contributed by atoms with E-state index in [1.807, 2.05) is 18.2 Å². The zero-order valence-electron chi connectivity index (χ0n) is 13.1. The second kappa shape index (κ2) is 9.41. The van der Waals surface area contributed by atoms with Crippen molar-refractivity contribution in [3.63, 3.8) is 0 Å². The normalized spacial score (nSPS) is 10.6. The molecule has 0 saturated heterocycles. The van der Waals surface area contributed by atoms with Crippen LogP contribution in [-0.4, -0.2) is 48.0 Å². The summed E-state index contributed by atoms with van der Waals surface area (Å²) in [6.07, 6.45) is 0.476. The molecule has 1 aromatic rings. The van der Waals surface area contributed by atoms with Crippen molar-refractivity contribution in [3.05, 3.63) is 29.3 Å². The molecule has 0 spiro atoms. The summed E-state index contributed by atoms with van der Waals surface area (Å²) < 4.78 is 5.41. The van der Waals surface area contributed by atoms with Gasteiger partial charge in [-0.25, -0.2) is 0 Å². The van der Waals surface area contributed by atoms with Crippen molar-refractivity contribution in [1.82, 2.24) is 4.90 Å². The van der Waals surface area contributed by atoms with Gasteiger partial charge in [0.2, 0.25) is 0 Å². The Bertz CT molecular complexity index is 489. The Balaban J connectivity index is 2.97. The summed E-state index contributed by atoms with van der Waals surface area (Å²) in [5.41, 5.74) is 1.96. The Morgan fingerprint density at radius 3 is 2.57 bits per heavy atom. The first-order valence-electron chi connectivity index (χ1n) is 7.24. The van der Waals surface area contributed by atoms with Crippen LogP contribution in [0.2, 0.25) is 0 Å². The molecular formula is C17H25NO3. The monoisotopic (exact) mass is 291 g/mol. The summed E-state index contributed by atoms with van der Waals surface area (Å²) in [7, 11) is 1.65. The molecule has 0 radical (unpaired) electrons. The van der Waals surface area contributed by atoms with Crippen molar-refractivity contribution >= 4 is 0 Å². The van der Waals surface area contributed by atoms with E-state index >= 15 is 0 Å². The molecule has 4 heteroatoms. The number of methoxy groups -OCH3 is 1. The Hall–Kier alpha value is -1.54. The highest BCUT2D eigenvalue weighted by Crippen LogP contribution is 2.22. The molecule has 0 saturated carbocycles. The lowest BCUT2D eigenvalue weighted by atomic mass is 10.1. The number of hydrogen-bond acceptors (Lipinski definition) is 4. The van der Waals surface area contributed by atoms with Crippen molar-refractivity contribution in [2.24, 2.45) is 0 Å². The fraction of sp³-hybridized carbons (Fsp3) is 0.529. The van der Waals surface area contributed by atoms with Gasteiger partial charge in [-0.3, -0.25) is 4.90 Å². The molecular weight excluding hydrogens is 266 g/mol. The molecule has 0 amide bonds. The molecule has 116 valence electrons. The minimum Gasteiger partial charge on any atom is -0.496 e. The van der Waals surface area contributed by atoms with Crippen LogP contribution in [-0.2, 0) is 6.54 Å². The average Bonchev–Trinajstić information content (AvgIpc) is 2.47. The number of hydrogen-bond donors (Lipinski definition) is 2. The van der Waals surface area contributed by atoms with Crippen molar-refractivity contribution < 1.29 is 14.9 Å². The summed E-state index contributed by atoms with van der Waals surface area (Å²) in [4.78, 5) is 2.18. The predicted molar refractivity (Wildman–Crippen MR) is 84.2 cm³/mol. The maximum absolute atomic E-state index is 9.17. The van der Waals surface area contributed by atoms with Crippen LogP contribution in [0.15, 0.2) is 18.2 Å². The molecule has 1 aromatic carbocycles. The third-order valence-corrected chi connectivity index (χ3v) is 3.24. The van der Waals surface area contributed by atoms with Gasteiger partial charge in [-0.15, -0.1) is 0 Å². The first-order chi connectivity index (χ1) is 10.1. The first-order valence-corrected chi connectivity index (χ1v) is 7.24. The maximum atomic E-state index is 9.17. The zero-order chi connectivity index (χ0) is 15.7. The lowest BCUT2D eigenvalue weighted by Gasteiger charge is -2.26. The van der Waals surface area contributed by atoms with E-state index in [0.29, 0.717) is 25.6 Å². The van der Waals surface area contributed by atoms with Gasteiger partial charge in [0.1, 0.15) is 5.75 Å². The van der Waals surface area contributed by atoms with E-state index < -0.39 is 0 Å². The lowest BCUT2D eigenvalue weighted by Crippen LogP contribution is -2.33. The van der Waals surface area contributed by atoms with Gasteiger partial charge >= 0.3 is 0 Å². The van der Waals surface area contributed by atoms with E-state index in [1.165, 1.54) is 0 Å². The zero-order valence-corrected chi connectivity index (χ0v) is 13.1. The van der Waals surface area contributed by atoms with Gasteiger partial charge in [0.05, 0.1) is 20.3 Å². The van der Waals surface area contributed by atoms with Gasteiger partial charge in [-0.1, -0.05) is 11.8 Å². The summed E-state index contributed by atoms with van der Waals surface area (Å²) in [6.45, 7) is 5.75. The Labute approximate surface area is 127 Å². The molecule has 0 aromatic heterocycles. The number of ether oxygens (including phenoxy) is 1. The number of nitrogens with zero attached hydrogens (tertiary/aromatic N) is 1. The molecule has 0 unspecified atom stereocenters. The van der Waals surface area contributed by atoms with Gasteiger partial charge in [0.25, 0.3) is 0 Å². The van der Waals surface area contributed by atoms with Gasteiger partial charge in [-0.05, 0) is 32.0 Å². The highest BCUT2D eigenvalue weighted by atomic mass is 16.5. The molecule has 0 aliphatic rings. The van der Waals surface area contributed by atoms with Crippen LogP contribution < -0.4 is 4.74 Å². The molecule has 0 aliphatic heterocycles. The minimum atomic E-state index is 0.0770. The van der Waals surface area contributed by atoms with Crippen LogP contribution in [0.3, 0.4) is 0 Å². The predicted octanol–water partition coefficient (Wildman–Crippen LogP) is 1.63. The first kappa shape index (κ1) is 17.5. The second-order valence-electron chi connectivity index (χ2n) is 5.09. The van der Waals surface area contributed by atoms with E-state index in [4.69, 9.17) is 14.9 Å². The number of aliphatic hydroxyl groups is 2. The van der Waals surface area contributed by atoms with E-state index in [0.717, 1.165) is 16.9 Å². The minimum absolute atomic E-state index is 0.0770. The fourth-order valence-electron chi connectivity index (χ4n) is 2.07. The molecule has 4 nitrogen and oxygen atoms in total. The average molecular weight is 291 g/mol.